The van der Waals surface area contributed by atoms with Gasteiger partial charge in [0.25, 0.3) is 0 Å². The molecule has 6 heteroatoms. The lowest BCUT2D eigenvalue weighted by atomic mass is 9.46. The van der Waals surface area contributed by atoms with Gasteiger partial charge in [-0.1, -0.05) is 25.5 Å². The average Bonchev–Trinajstić information content (AvgIpc) is 3.41. The van der Waals surface area contributed by atoms with Crippen LogP contribution in [0.2, 0.25) is 0 Å². The standard InChI is InChI=1S/C27H40O6/c1-6-31-23(29)15-26(5,30)27-22(33-27)14-21-19-8-7-17-13-18(32-16(2)28)9-11-24(17,3)20(19)10-12-25(21,27)4/h7,18-22,30H,6,8-15H2,1-5H3/t18-,19-,20+,21+,22+,24-,25-,26-,27+/m0/s1. The van der Waals surface area contributed by atoms with Gasteiger partial charge in [-0.2, -0.15) is 0 Å². The van der Waals surface area contributed by atoms with E-state index in [1.807, 2.05) is 0 Å². The molecule has 0 aromatic carbocycles. The van der Waals surface area contributed by atoms with Gasteiger partial charge in [-0.3, -0.25) is 9.59 Å². The second kappa shape index (κ2) is 7.55. The summed E-state index contributed by atoms with van der Waals surface area (Å²) < 4.78 is 17.0. The number of epoxide rings is 1. The summed E-state index contributed by atoms with van der Waals surface area (Å²) in [7, 11) is 0. The maximum Gasteiger partial charge on any atom is 0.308 e. The van der Waals surface area contributed by atoms with Crippen LogP contribution in [0.4, 0.5) is 0 Å². The fraction of sp³-hybridized carbons (Fsp3) is 0.852. The number of hydrogen-bond acceptors (Lipinski definition) is 6. The lowest BCUT2D eigenvalue weighted by Gasteiger charge is -2.59. The van der Waals surface area contributed by atoms with Gasteiger partial charge < -0.3 is 19.3 Å². The predicted octanol–water partition coefficient (Wildman–Crippen LogP) is 4.33. The summed E-state index contributed by atoms with van der Waals surface area (Å²) >= 11 is 0. The molecule has 9 atom stereocenters. The summed E-state index contributed by atoms with van der Waals surface area (Å²) in [4.78, 5) is 23.8. The summed E-state index contributed by atoms with van der Waals surface area (Å²) in [5.74, 6) is 1.11. The van der Waals surface area contributed by atoms with Crippen molar-refractivity contribution >= 4 is 11.9 Å². The second-order valence-electron chi connectivity index (χ2n) is 12.0. The Morgan fingerprint density at radius 1 is 1.24 bits per heavy atom. The monoisotopic (exact) mass is 460 g/mol. The number of carbonyl (C=O) groups excluding carboxylic acids is 2. The van der Waals surface area contributed by atoms with Gasteiger partial charge in [0.05, 0.1) is 19.1 Å². The first-order valence-corrected chi connectivity index (χ1v) is 12.9. The normalized spacial score (nSPS) is 47.1. The average molecular weight is 461 g/mol. The molecule has 0 spiro atoms. The van der Waals surface area contributed by atoms with Crippen LogP contribution in [-0.4, -0.2) is 47.1 Å². The Kier molecular flexibility index (Phi) is 5.34. The highest BCUT2D eigenvalue weighted by molar-refractivity contribution is 5.71. The van der Waals surface area contributed by atoms with E-state index in [-0.39, 0.29) is 41.4 Å². The van der Waals surface area contributed by atoms with E-state index in [1.54, 1.807) is 13.8 Å². The first kappa shape index (κ1) is 23.3. The van der Waals surface area contributed by atoms with Crippen molar-refractivity contribution < 1.29 is 28.9 Å². The Bertz CT molecular complexity index is 878. The van der Waals surface area contributed by atoms with E-state index >= 15 is 0 Å². The molecule has 0 aromatic rings. The maximum atomic E-state index is 12.3. The first-order chi connectivity index (χ1) is 15.5. The van der Waals surface area contributed by atoms with E-state index in [2.05, 4.69) is 19.9 Å². The summed E-state index contributed by atoms with van der Waals surface area (Å²) in [5, 5.41) is 11.6. The molecule has 1 N–H and O–H groups in total. The zero-order valence-electron chi connectivity index (χ0n) is 20.8. The molecule has 0 aromatic heterocycles. The topological polar surface area (TPSA) is 85.4 Å². The largest absolute Gasteiger partial charge is 0.466 e. The van der Waals surface area contributed by atoms with Crippen LogP contribution < -0.4 is 0 Å². The zero-order chi connectivity index (χ0) is 23.8. The van der Waals surface area contributed by atoms with E-state index in [0.717, 1.165) is 44.9 Å². The highest BCUT2D eigenvalue weighted by Crippen LogP contribution is 2.75. The molecule has 0 unspecified atom stereocenters. The number of fused-ring (bicyclic) bond motifs is 7. The number of esters is 2. The van der Waals surface area contributed by atoms with Crippen molar-refractivity contribution in [3.05, 3.63) is 11.6 Å². The fourth-order valence-corrected chi connectivity index (χ4v) is 9.03. The Morgan fingerprint density at radius 3 is 2.70 bits per heavy atom. The Balaban J connectivity index is 1.39. The van der Waals surface area contributed by atoms with Crippen molar-refractivity contribution in [3.8, 4) is 0 Å². The molecule has 5 aliphatic rings. The fourth-order valence-electron chi connectivity index (χ4n) is 9.03. The van der Waals surface area contributed by atoms with Crippen LogP contribution in [0.3, 0.4) is 0 Å². The number of rotatable bonds is 5. The molecule has 4 aliphatic carbocycles. The Labute approximate surface area is 197 Å². The van der Waals surface area contributed by atoms with Gasteiger partial charge in [0.2, 0.25) is 0 Å². The van der Waals surface area contributed by atoms with Gasteiger partial charge in [-0.15, -0.1) is 0 Å². The molecule has 3 saturated carbocycles. The second-order valence-corrected chi connectivity index (χ2v) is 12.0. The van der Waals surface area contributed by atoms with Crippen LogP contribution in [0.5, 0.6) is 0 Å². The third-order valence-corrected chi connectivity index (χ3v) is 10.4. The third-order valence-electron chi connectivity index (χ3n) is 10.4. The number of ether oxygens (including phenoxy) is 3. The van der Waals surface area contributed by atoms with Crippen molar-refractivity contribution in [2.75, 3.05) is 6.61 Å². The molecule has 184 valence electrons. The van der Waals surface area contributed by atoms with Gasteiger partial charge in [0.1, 0.15) is 17.3 Å². The smallest absolute Gasteiger partial charge is 0.308 e. The lowest BCUT2D eigenvalue weighted by molar-refractivity contribution is -0.165. The van der Waals surface area contributed by atoms with Gasteiger partial charge in [0, 0.05) is 18.8 Å². The zero-order valence-corrected chi connectivity index (χ0v) is 20.8. The first-order valence-electron chi connectivity index (χ1n) is 12.9. The van der Waals surface area contributed by atoms with E-state index < -0.39 is 11.2 Å². The van der Waals surface area contributed by atoms with Gasteiger partial charge in [-0.05, 0) is 75.5 Å². The molecular formula is C27H40O6. The minimum Gasteiger partial charge on any atom is -0.466 e. The summed E-state index contributed by atoms with van der Waals surface area (Å²) in [5.41, 5.74) is -0.392. The van der Waals surface area contributed by atoms with E-state index in [9.17, 15) is 14.7 Å². The summed E-state index contributed by atoms with van der Waals surface area (Å²) in [6.45, 7) is 10.1. The summed E-state index contributed by atoms with van der Waals surface area (Å²) in [6.07, 6.45) is 9.44. The van der Waals surface area contributed by atoms with Crippen molar-refractivity contribution in [2.24, 2.45) is 28.6 Å². The predicted molar refractivity (Wildman–Crippen MR) is 122 cm³/mol. The molecule has 1 saturated heterocycles. The van der Waals surface area contributed by atoms with E-state index in [4.69, 9.17) is 14.2 Å². The minimum absolute atomic E-state index is 0.0148. The van der Waals surface area contributed by atoms with Crippen LogP contribution in [-0.2, 0) is 23.8 Å². The maximum absolute atomic E-state index is 12.3. The molecule has 6 nitrogen and oxygen atoms in total. The van der Waals surface area contributed by atoms with Crippen molar-refractivity contribution in [2.45, 2.75) is 109 Å². The van der Waals surface area contributed by atoms with Gasteiger partial charge in [-0.25, -0.2) is 0 Å². The van der Waals surface area contributed by atoms with Crippen LogP contribution >= 0.6 is 0 Å². The van der Waals surface area contributed by atoms with E-state index in [1.165, 1.54) is 12.5 Å². The van der Waals surface area contributed by atoms with Crippen LogP contribution in [0.25, 0.3) is 0 Å². The molecule has 1 aliphatic heterocycles. The number of hydrogen-bond donors (Lipinski definition) is 1. The molecule has 0 radical (unpaired) electrons. The van der Waals surface area contributed by atoms with Crippen molar-refractivity contribution in [3.63, 3.8) is 0 Å². The molecule has 0 bridgehead atoms. The van der Waals surface area contributed by atoms with Gasteiger partial charge in [0.15, 0.2) is 0 Å². The Hall–Kier alpha value is -1.40. The third kappa shape index (κ3) is 3.19. The Morgan fingerprint density at radius 2 is 2.00 bits per heavy atom. The number of aliphatic hydroxyl groups is 1. The van der Waals surface area contributed by atoms with Crippen LogP contribution in [0, 0.1) is 28.6 Å². The van der Waals surface area contributed by atoms with Gasteiger partial charge >= 0.3 is 11.9 Å². The summed E-state index contributed by atoms with van der Waals surface area (Å²) in [6, 6.07) is 0. The molecular weight excluding hydrogens is 420 g/mol. The van der Waals surface area contributed by atoms with E-state index in [0.29, 0.717) is 24.4 Å². The SMILES string of the molecule is CCOC(=O)C[C@](C)(O)[C@@]12O[C@@H]1C[C@@H]1[C@H]3CC=C4C[C@@H](OC(C)=O)CC[C@]4(C)[C@@H]3CC[C@@]12C. The minimum atomic E-state index is -1.23. The highest BCUT2D eigenvalue weighted by atomic mass is 16.6. The molecule has 4 fully saturated rings. The lowest BCUT2D eigenvalue weighted by Crippen LogP contribution is -2.59. The molecule has 5 rings (SSSR count). The number of allylic oxidation sites excluding steroid dienone is 1. The highest BCUT2D eigenvalue weighted by Gasteiger charge is 2.82. The molecule has 1 heterocycles. The van der Waals surface area contributed by atoms with Crippen LogP contribution in [0.15, 0.2) is 11.6 Å². The number of carbonyl (C=O) groups is 2. The van der Waals surface area contributed by atoms with Crippen LogP contribution in [0.1, 0.15) is 86.0 Å². The quantitative estimate of drug-likeness (QED) is 0.373. The molecule has 0 amide bonds. The molecule has 33 heavy (non-hydrogen) atoms. The van der Waals surface area contributed by atoms with Crippen molar-refractivity contribution in [1.82, 2.24) is 0 Å². The van der Waals surface area contributed by atoms with Crippen molar-refractivity contribution in [1.29, 1.82) is 0 Å².